The van der Waals surface area contributed by atoms with Gasteiger partial charge in [0.2, 0.25) is 0 Å². The van der Waals surface area contributed by atoms with Gasteiger partial charge in [0.1, 0.15) is 5.75 Å². The van der Waals surface area contributed by atoms with Gasteiger partial charge in [-0.3, -0.25) is 0 Å². The van der Waals surface area contributed by atoms with Gasteiger partial charge in [0.15, 0.2) is 0 Å². The van der Waals surface area contributed by atoms with E-state index in [0.717, 1.165) is 18.6 Å². The van der Waals surface area contributed by atoms with Crippen molar-refractivity contribution in [3.05, 3.63) is 30.3 Å². The third-order valence-corrected chi connectivity index (χ3v) is 3.54. The van der Waals surface area contributed by atoms with Crippen molar-refractivity contribution in [2.75, 3.05) is 6.61 Å². The molecular formula is C13H19NO. The van der Waals surface area contributed by atoms with Gasteiger partial charge in [0, 0.05) is 5.54 Å². The zero-order valence-corrected chi connectivity index (χ0v) is 9.49. The van der Waals surface area contributed by atoms with Gasteiger partial charge in [-0.15, -0.1) is 0 Å². The lowest BCUT2D eigenvalue weighted by Gasteiger charge is -2.15. The van der Waals surface area contributed by atoms with E-state index in [-0.39, 0.29) is 5.54 Å². The van der Waals surface area contributed by atoms with E-state index in [9.17, 15) is 0 Å². The Morgan fingerprint density at radius 3 is 2.40 bits per heavy atom. The van der Waals surface area contributed by atoms with Gasteiger partial charge < -0.3 is 10.5 Å². The van der Waals surface area contributed by atoms with Crippen LogP contribution in [0.2, 0.25) is 0 Å². The number of rotatable bonds is 4. The van der Waals surface area contributed by atoms with Crippen LogP contribution in [0.5, 0.6) is 5.75 Å². The van der Waals surface area contributed by atoms with Gasteiger partial charge in [-0.25, -0.2) is 0 Å². The monoisotopic (exact) mass is 205 g/mol. The van der Waals surface area contributed by atoms with Gasteiger partial charge in [-0.2, -0.15) is 0 Å². The van der Waals surface area contributed by atoms with Crippen molar-refractivity contribution in [3.63, 3.8) is 0 Å². The summed E-state index contributed by atoms with van der Waals surface area (Å²) in [7, 11) is 0. The Morgan fingerprint density at radius 2 is 1.87 bits per heavy atom. The molecule has 0 aromatic heterocycles. The smallest absolute Gasteiger partial charge is 0.119 e. The first kappa shape index (κ1) is 10.5. The molecule has 0 heterocycles. The summed E-state index contributed by atoms with van der Waals surface area (Å²) in [6, 6.07) is 9.90. The summed E-state index contributed by atoms with van der Waals surface area (Å²) in [5.74, 6) is 0.930. The van der Waals surface area contributed by atoms with E-state index in [1.807, 2.05) is 30.3 Å². The minimum atomic E-state index is 0.00177. The minimum absolute atomic E-state index is 0.00177. The third kappa shape index (κ3) is 2.15. The van der Waals surface area contributed by atoms with Crippen LogP contribution in [0, 0.1) is 5.41 Å². The number of nitrogens with two attached hydrogens (primary N) is 1. The zero-order chi connectivity index (χ0) is 10.9. The van der Waals surface area contributed by atoms with Crippen molar-refractivity contribution in [1.29, 1.82) is 0 Å². The number of hydrogen-bond donors (Lipinski definition) is 1. The second kappa shape index (κ2) is 3.53. The van der Waals surface area contributed by atoms with Crippen molar-refractivity contribution in [2.24, 2.45) is 11.1 Å². The Balaban J connectivity index is 1.77. The summed E-state index contributed by atoms with van der Waals surface area (Å²) in [4.78, 5) is 0. The summed E-state index contributed by atoms with van der Waals surface area (Å²) >= 11 is 0. The summed E-state index contributed by atoms with van der Waals surface area (Å²) in [5.41, 5.74) is 6.51. The molecule has 1 aliphatic carbocycles. The average molecular weight is 205 g/mol. The molecule has 2 rings (SSSR count). The molecule has 0 saturated heterocycles. The normalized spacial score (nSPS) is 27.4. The molecule has 0 radical (unpaired) electrons. The lowest BCUT2D eigenvalue weighted by molar-refractivity contribution is 0.280. The molecule has 82 valence electrons. The van der Waals surface area contributed by atoms with E-state index < -0.39 is 0 Å². The molecular weight excluding hydrogens is 186 g/mol. The molecule has 1 aromatic carbocycles. The van der Waals surface area contributed by atoms with Crippen LogP contribution in [0.4, 0.5) is 0 Å². The third-order valence-electron chi connectivity index (χ3n) is 3.54. The van der Waals surface area contributed by atoms with Gasteiger partial charge >= 0.3 is 0 Å². The van der Waals surface area contributed by atoms with Crippen LogP contribution in [0.15, 0.2) is 30.3 Å². The fraction of sp³-hybridized carbons (Fsp3) is 0.538. The predicted octanol–water partition coefficient (Wildman–Crippen LogP) is 2.58. The molecule has 1 aliphatic rings. The quantitative estimate of drug-likeness (QED) is 0.820. The van der Waals surface area contributed by atoms with Crippen molar-refractivity contribution >= 4 is 0 Å². The topological polar surface area (TPSA) is 35.2 Å². The number of para-hydroxylation sites is 1. The maximum Gasteiger partial charge on any atom is 0.119 e. The lowest BCUT2D eigenvalue weighted by atomic mass is 10.0. The van der Waals surface area contributed by atoms with Crippen LogP contribution >= 0.6 is 0 Å². The molecule has 0 bridgehead atoms. The first-order chi connectivity index (χ1) is 7.04. The van der Waals surface area contributed by atoms with Crippen molar-refractivity contribution < 1.29 is 4.74 Å². The van der Waals surface area contributed by atoms with Crippen LogP contribution in [0.3, 0.4) is 0 Å². The molecule has 1 atom stereocenters. The fourth-order valence-corrected chi connectivity index (χ4v) is 2.04. The van der Waals surface area contributed by atoms with Crippen LogP contribution in [-0.2, 0) is 0 Å². The standard InChI is InChI=1S/C13H19NO/c1-12(2)10-13(12,14)8-9-15-11-6-4-3-5-7-11/h3-7H,8-10,14H2,1-2H3. The second-order valence-electron chi connectivity index (χ2n) is 5.13. The number of ether oxygens (including phenoxy) is 1. The molecule has 1 unspecified atom stereocenters. The van der Waals surface area contributed by atoms with E-state index in [0.29, 0.717) is 12.0 Å². The van der Waals surface area contributed by atoms with Gasteiger partial charge in [-0.1, -0.05) is 32.0 Å². The van der Waals surface area contributed by atoms with E-state index in [4.69, 9.17) is 10.5 Å². The molecule has 0 spiro atoms. The Kier molecular flexibility index (Phi) is 2.47. The maximum atomic E-state index is 6.21. The van der Waals surface area contributed by atoms with Gasteiger partial charge in [-0.05, 0) is 30.4 Å². The fourth-order valence-electron chi connectivity index (χ4n) is 2.04. The highest BCUT2D eigenvalue weighted by atomic mass is 16.5. The maximum absolute atomic E-state index is 6.21. The molecule has 15 heavy (non-hydrogen) atoms. The Hall–Kier alpha value is -1.02. The molecule has 2 nitrogen and oxygen atoms in total. The first-order valence-electron chi connectivity index (χ1n) is 5.50. The minimum Gasteiger partial charge on any atom is -0.494 e. The van der Waals surface area contributed by atoms with Gasteiger partial charge in [0.25, 0.3) is 0 Å². The molecule has 2 heteroatoms. The second-order valence-corrected chi connectivity index (χ2v) is 5.13. The summed E-state index contributed by atoms with van der Waals surface area (Å²) in [5, 5.41) is 0. The van der Waals surface area contributed by atoms with Crippen molar-refractivity contribution in [1.82, 2.24) is 0 Å². The molecule has 0 aliphatic heterocycles. The van der Waals surface area contributed by atoms with Crippen LogP contribution in [0.1, 0.15) is 26.7 Å². The van der Waals surface area contributed by atoms with Gasteiger partial charge in [0.05, 0.1) is 6.61 Å². The van der Waals surface area contributed by atoms with E-state index in [2.05, 4.69) is 13.8 Å². The average Bonchev–Trinajstić information content (AvgIpc) is 2.67. The van der Waals surface area contributed by atoms with Crippen LogP contribution in [-0.4, -0.2) is 12.1 Å². The number of benzene rings is 1. The molecule has 1 fully saturated rings. The summed E-state index contributed by atoms with van der Waals surface area (Å²) in [6.45, 7) is 5.15. The highest BCUT2D eigenvalue weighted by Gasteiger charge is 2.57. The molecule has 1 aromatic rings. The SMILES string of the molecule is CC1(C)CC1(N)CCOc1ccccc1. The van der Waals surface area contributed by atoms with Crippen LogP contribution < -0.4 is 10.5 Å². The molecule has 2 N–H and O–H groups in total. The lowest BCUT2D eigenvalue weighted by Crippen LogP contribution is -2.30. The Labute approximate surface area is 91.4 Å². The predicted molar refractivity (Wildman–Crippen MR) is 61.9 cm³/mol. The number of hydrogen-bond acceptors (Lipinski definition) is 2. The first-order valence-corrected chi connectivity index (χ1v) is 5.50. The highest BCUT2D eigenvalue weighted by Crippen LogP contribution is 2.55. The van der Waals surface area contributed by atoms with E-state index in [1.165, 1.54) is 0 Å². The summed E-state index contributed by atoms with van der Waals surface area (Å²) in [6.07, 6.45) is 2.05. The largest absolute Gasteiger partial charge is 0.494 e. The highest BCUT2D eigenvalue weighted by molar-refractivity contribution is 5.21. The van der Waals surface area contributed by atoms with E-state index in [1.54, 1.807) is 0 Å². The van der Waals surface area contributed by atoms with Crippen molar-refractivity contribution in [3.8, 4) is 5.75 Å². The summed E-state index contributed by atoms with van der Waals surface area (Å²) < 4.78 is 5.64. The van der Waals surface area contributed by atoms with Crippen molar-refractivity contribution in [2.45, 2.75) is 32.2 Å². The van der Waals surface area contributed by atoms with Crippen LogP contribution in [0.25, 0.3) is 0 Å². The Bertz CT molecular complexity index is 334. The zero-order valence-electron chi connectivity index (χ0n) is 9.49. The molecule has 0 amide bonds. The Morgan fingerprint density at radius 1 is 1.27 bits per heavy atom. The molecule has 1 saturated carbocycles. The van der Waals surface area contributed by atoms with E-state index >= 15 is 0 Å².